The highest BCUT2D eigenvalue weighted by Crippen LogP contribution is 2.27. The van der Waals surface area contributed by atoms with Crippen molar-refractivity contribution in [2.45, 2.75) is 39.5 Å². The van der Waals surface area contributed by atoms with Crippen molar-refractivity contribution < 1.29 is 19.4 Å². The molecule has 0 fully saturated rings. The van der Waals surface area contributed by atoms with E-state index in [9.17, 15) is 14.7 Å². The summed E-state index contributed by atoms with van der Waals surface area (Å²) in [7, 11) is 1.31. The summed E-state index contributed by atoms with van der Waals surface area (Å²) in [5.74, 6) is 0.690. The van der Waals surface area contributed by atoms with Crippen LogP contribution in [0.5, 0.6) is 5.75 Å². The maximum Gasteiger partial charge on any atom is 0.348 e. The minimum Gasteiger partial charge on any atom is -0.491 e. The van der Waals surface area contributed by atoms with Crippen molar-refractivity contribution in [3.8, 4) is 5.75 Å². The Bertz CT molecular complexity index is 1090. The highest BCUT2D eigenvalue weighted by molar-refractivity contribution is 7.20. The van der Waals surface area contributed by atoms with Crippen LogP contribution in [0.25, 0.3) is 10.2 Å². The Morgan fingerprint density at radius 1 is 1.29 bits per heavy atom. The van der Waals surface area contributed by atoms with Crippen molar-refractivity contribution in [3.05, 3.63) is 57.0 Å². The summed E-state index contributed by atoms with van der Waals surface area (Å²) in [5, 5.41) is 10.9. The Morgan fingerprint density at radius 3 is 2.65 bits per heavy atom. The molecule has 0 saturated carbocycles. The second-order valence-electron chi connectivity index (χ2n) is 7.54. The summed E-state index contributed by atoms with van der Waals surface area (Å²) in [6.07, 6.45) is -0.715. The number of thiophene rings is 1. The number of benzene rings is 1. The number of aromatic nitrogens is 2. The molecule has 3 rings (SSSR count). The monoisotopic (exact) mass is 445 g/mol. The number of nitrogens with zero attached hydrogens (tertiary/aromatic N) is 2. The molecule has 0 aliphatic rings. The van der Waals surface area contributed by atoms with Crippen molar-refractivity contribution in [2.75, 3.05) is 20.3 Å². The van der Waals surface area contributed by atoms with E-state index in [1.54, 1.807) is 6.92 Å². The third kappa shape index (κ3) is 5.49. The number of hydrogen-bond acceptors (Lipinski definition) is 8. The molecule has 1 aromatic carbocycles. The number of aliphatic hydroxyl groups is 1. The molecule has 0 radical (unpaired) electrons. The summed E-state index contributed by atoms with van der Waals surface area (Å²) in [4.78, 5) is 34.8. The van der Waals surface area contributed by atoms with Gasteiger partial charge in [0.15, 0.2) is 0 Å². The zero-order valence-electron chi connectivity index (χ0n) is 18.0. The predicted octanol–water partition coefficient (Wildman–Crippen LogP) is 2.73. The molecule has 0 amide bonds. The van der Waals surface area contributed by atoms with Crippen molar-refractivity contribution >= 4 is 27.5 Å². The summed E-state index contributed by atoms with van der Waals surface area (Å²) < 4.78 is 10.4. The summed E-state index contributed by atoms with van der Waals surface area (Å²) in [6.45, 7) is 6.57. The summed E-state index contributed by atoms with van der Waals surface area (Å²) in [5.41, 5.74) is 0.280. The van der Waals surface area contributed by atoms with E-state index in [0.717, 1.165) is 11.3 Å². The molecule has 0 bridgehead atoms. The lowest BCUT2D eigenvalue weighted by atomic mass is 10.2. The van der Waals surface area contributed by atoms with Crippen LogP contribution in [-0.2, 0) is 11.3 Å². The lowest BCUT2D eigenvalue weighted by Gasteiger charge is -2.28. The van der Waals surface area contributed by atoms with E-state index < -0.39 is 12.1 Å². The van der Waals surface area contributed by atoms with Gasteiger partial charge in [0.2, 0.25) is 0 Å². The van der Waals surface area contributed by atoms with Gasteiger partial charge in [0.1, 0.15) is 34.0 Å². The highest BCUT2D eigenvalue weighted by Gasteiger charge is 2.21. The number of nitrogens with one attached hydrogen (secondary N) is 1. The largest absolute Gasteiger partial charge is 0.491 e. The lowest BCUT2D eigenvalue weighted by Crippen LogP contribution is -2.40. The molecule has 2 heterocycles. The molecule has 3 aromatic rings. The fraction of sp³-hybridized carbons (Fsp3) is 0.409. The molecule has 0 aliphatic carbocycles. The molecule has 0 spiro atoms. The van der Waals surface area contributed by atoms with Gasteiger partial charge in [-0.3, -0.25) is 9.69 Å². The number of para-hydroxylation sites is 1. The van der Waals surface area contributed by atoms with Crippen LogP contribution >= 0.6 is 11.3 Å². The number of aromatic amines is 1. The molecule has 0 saturated heterocycles. The number of ether oxygens (including phenoxy) is 2. The van der Waals surface area contributed by atoms with E-state index >= 15 is 0 Å². The quantitative estimate of drug-likeness (QED) is 0.488. The second kappa shape index (κ2) is 10.0. The Balaban J connectivity index is 1.74. The van der Waals surface area contributed by atoms with Crippen LogP contribution in [-0.4, -0.2) is 58.4 Å². The smallest absolute Gasteiger partial charge is 0.348 e. The summed E-state index contributed by atoms with van der Waals surface area (Å²) >= 11 is 1.15. The molecular weight excluding hydrogens is 418 g/mol. The van der Waals surface area contributed by atoms with Gasteiger partial charge in [-0.15, -0.1) is 11.3 Å². The van der Waals surface area contributed by atoms with Gasteiger partial charge >= 0.3 is 5.97 Å². The minimum atomic E-state index is -0.715. The van der Waals surface area contributed by atoms with Crippen LogP contribution in [0.4, 0.5) is 0 Å². The fourth-order valence-electron chi connectivity index (χ4n) is 3.23. The topological polar surface area (TPSA) is 105 Å². The van der Waals surface area contributed by atoms with Crippen molar-refractivity contribution in [1.29, 1.82) is 0 Å². The molecule has 2 N–H and O–H groups in total. The van der Waals surface area contributed by atoms with Crippen LogP contribution in [0.15, 0.2) is 35.1 Å². The minimum absolute atomic E-state index is 0.100. The molecular formula is C22H27N3O5S. The standard InChI is InChI=1S/C22H27N3O5S/c1-13(2)25(10-15(26)12-30-16-8-6-5-7-9-16)11-17-23-20(27)18-14(3)19(22(28)29-4)31-21(18)24-17/h5-9,13,15,26H,10-12H2,1-4H3,(H,23,24,27). The average Bonchev–Trinajstić information content (AvgIpc) is 3.08. The zero-order chi connectivity index (χ0) is 22.5. The van der Waals surface area contributed by atoms with Gasteiger partial charge in [-0.2, -0.15) is 0 Å². The van der Waals surface area contributed by atoms with Gasteiger partial charge in [-0.25, -0.2) is 9.78 Å². The van der Waals surface area contributed by atoms with E-state index in [1.165, 1.54) is 7.11 Å². The number of aliphatic hydroxyl groups excluding tert-OH is 1. The zero-order valence-corrected chi connectivity index (χ0v) is 18.9. The molecule has 1 unspecified atom stereocenters. The molecule has 1 atom stereocenters. The molecule has 9 heteroatoms. The first-order chi connectivity index (χ1) is 14.8. The number of carbonyl (C=O) groups excluding carboxylic acids is 1. The number of methoxy groups -OCH3 is 1. The van der Waals surface area contributed by atoms with Gasteiger partial charge in [-0.1, -0.05) is 18.2 Å². The third-order valence-electron chi connectivity index (χ3n) is 4.93. The van der Waals surface area contributed by atoms with E-state index in [-0.39, 0.29) is 18.2 Å². The molecule has 0 aliphatic heterocycles. The molecule has 2 aromatic heterocycles. The number of H-pyrrole nitrogens is 1. The fourth-order valence-corrected chi connectivity index (χ4v) is 4.35. The number of carbonyl (C=O) groups is 1. The first-order valence-electron chi connectivity index (χ1n) is 10.0. The number of aryl methyl sites for hydroxylation is 1. The Labute approximate surface area is 184 Å². The van der Waals surface area contributed by atoms with E-state index in [1.807, 2.05) is 49.1 Å². The van der Waals surface area contributed by atoms with Gasteiger partial charge in [0.25, 0.3) is 5.56 Å². The van der Waals surface area contributed by atoms with Crippen LogP contribution < -0.4 is 10.3 Å². The maximum absolute atomic E-state index is 12.6. The Kier molecular flexibility index (Phi) is 7.42. The normalized spacial score (nSPS) is 12.5. The van der Waals surface area contributed by atoms with Crippen LogP contribution in [0, 0.1) is 6.92 Å². The Hall–Kier alpha value is -2.75. The number of esters is 1. The van der Waals surface area contributed by atoms with E-state index in [0.29, 0.717) is 45.3 Å². The lowest BCUT2D eigenvalue weighted by molar-refractivity contribution is 0.0533. The van der Waals surface area contributed by atoms with Gasteiger partial charge in [-0.05, 0) is 38.5 Å². The Morgan fingerprint density at radius 2 is 2.00 bits per heavy atom. The highest BCUT2D eigenvalue weighted by atomic mass is 32.1. The molecule has 31 heavy (non-hydrogen) atoms. The van der Waals surface area contributed by atoms with Crippen molar-refractivity contribution in [2.24, 2.45) is 0 Å². The number of rotatable bonds is 9. The number of hydrogen-bond donors (Lipinski definition) is 2. The molecule has 166 valence electrons. The third-order valence-corrected chi connectivity index (χ3v) is 6.10. The van der Waals surface area contributed by atoms with Crippen LogP contribution in [0.2, 0.25) is 0 Å². The maximum atomic E-state index is 12.6. The summed E-state index contributed by atoms with van der Waals surface area (Å²) in [6, 6.07) is 9.42. The second-order valence-corrected chi connectivity index (χ2v) is 8.54. The van der Waals surface area contributed by atoms with E-state index in [4.69, 9.17) is 9.47 Å². The van der Waals surface area contributed by atoms with Crippen molar-refractivity contribution in [3.63, 3.8) is 0 Å². The van der Waals surface area contributed by atoms with Gasteiger partial charge < -0.3 is 19.6 Å². The SMILES string of the molecule is COC(=O)c1sc2nc(CN(CC(O)COc3ccccc3)C(C)C)[nH]c(=O)c2c1C. The van der Waals surface area contributed by atoms with Crippen LogP contribution in [0.1, 0.15) is 34.9 Å². The first-order valence-corrected chi connectivity index (χ1v) is 10.8. The van der Waals surface area contributed by atoms with Gasteiger partial charge in [0.05, 0.1) is 19.0 Å². The predicted molar refractivity (Wildman–Crippen MR) is 120 cm³/mol. The number of fused-ring (bicyclic) bond motifs is 1. The molecule has 8 nitrogen and oxygen atoms in total. The van der Waals surface area contributed by atoms with Crippen molar-refractivity contribution in [1.82, 2.24) is 14.9 Å². The van der Waals surface area contributed by atoms with E-state index in [2.05, 4.69) is 9.97 Å². The first kappa shape index (κ1) is 22.9. The van der Waals surface area contributed by atoms with Crippen LogP contribution in [0.3, 0.4) is 0 Å². The van der Waals surface area contributed by atoms with Gasteiger partial charge in [0, 0.05) is 12.6 Å². The average molecular weight is 446 g/mol.